The van der Waals surface area contributed by atoms with E-state index in [0.717, 1.165) is 32.5 Å². The summed E-state index contributed by atoms with van der Waals surface area (Å²) in [4.78, 5) is 28.9. The summed E-state index contributed by atoms with van der Waals surface area (Å²) < 4.78 is 0. The van der Waals surface area contributed by atoms with Crippen LogP contribution in [0.15, 0.2) is 0 Å². The largest absolute Gasteiger partial charge is 0.343 e. The molecule has 2 unspecified atom stereocenters. The van der Waals surface area contributed by atoms with Gasteiger partial charge in [0.05, 0.1) is 0 Å². The van der Waals surface area contributed by atoms with Gasteiger partial charge in [0, 0.05) is 19.1 Å². The smallest absolute Gasteiger partial charge is 0.245 e. The number of rotatable bonds is 4. The van der Waals surface area contributed by atoms with Gasteiger partial charge in [-0.05, 0) is 39.2 Å². The molecule has 2 fully saturated rings. The number of piperidine rings is 1. The first kappa shape index (κ1) is 15.3. The molecule has 0 aromatic rings. The van der Waals surface area contributed by atoms with E-state index in [1.54, 1.807) is 6.92 Å². The maximum Gasteiger partial charge on any atom is 0.245 e. The molecule has 114 valence electrons. The van der Waals surface area contributed by atoms with Crippen LogP contribution in [0.3, 0.4) is 0 Å². The van der Waals surface area contributed by atoms with Gasteiger partial charge in [-0.15, -0.1) is 0 Å². The van der Waals surface area contributed by atoms with Crippen LogP contribution in [0.4, 0.5) is 0 Å². The van der Waals surface area contributed by atoms with Gasteiger partial charge in [0.25, 0.3) is 0 Å². The maximum absolute atomic E-state index is 12.4. The summed E-state index contributed by atoms with van der Waals surface area (Å²) in [7, 11) is 0. The quantitative estimate of drug-likeness (QED) is 0.836. The molecule has 2 atom stereocenters. The van der Waals surface area contributed by atoms with E-state index in [9.17, 15) is 9.59 Å². The average Bonchev–Trinajstić information content (AvgIpc) is 2.44. The predicted octanol–water partition coefficient (Wildman–Crippen LogP) is 0.986. The lowest BCUT2D eigenvalue weighted by atomic mass is 9.96. The number of carbonyl (C=O) groups excluding carboxylic acids is 2. The fourth-order valence-electron chi connectivity index (χ4n) is 3.43. The van der Waals surface area contributed by atoms with Gasteiger partial charge in [-0.1, -0.05) is 13.8 Å². The number of hydrogen-bond acceptors (Lipinski definition) is 3. The van der Waals surface area contributed by atoms with E-state index in [1.807, 2.05) is 11.8 Å². The maximum atomic E-state index is 12.4. The van der Waals surface area contributed by atoms with Crippen LogP contribution in [0.5, 0.6) is 0 Å². The highest BCUT2D eigenvalue weighted by Crippen LogP contribution is 2.24. The van der Waals surface area contributed by atoms with Gasteiger partial charge in [0.15, 0.2) is 0 Å². The second-order valence-electron chi connectivity index (χ2n) is 5.97. The molecule has 1 N–H and O–H groups in total. The third kappa shape index (κ3) is 2.97. The van der Waals surface area contributed by atoms with Gasteiger partial charge in [-0.25, -0.2) is 0 Å². The third-order valence-corrected chi connectivity index (χ3v) is 4.50. The molecule has 5 heteroatoms. The van der Waals surface area contributed by atoms with Crippen molar-refractivity contribution in [3.05, 3.63) is 0 Å². The average molecular weight is 281 g/mol. The molecule has 0 aromatic carbocycles. The van der Waals surface area contributed by atoms with E-state index >= 15 is 0 Å². The van der Waals surface area contributed by atoms with Gasteiger partial charge < -0.3 is 15.1 Å². The van der Waals surface area contributed by atoms with Crippen molar-refractivity contribution >= 4 is 11.8 Å². The van der Waals surface area contributed by atoms with E-state index in [0.29, 0.717) is 6.42 Å². The normalized spacial score (nSPS) is 29.6. The predicted molar refractivity (Wildman–Crippen MR) is 78.3 cm³/mol. The van der Waals surface area contributed by atoms with Crippen molar-refractivity contribution in [2.24, 2.45) is 0 Å². The van der Waals surface area contributed by atoms with E-state index in [2.05, 4.69) is 17.1 Å². The summed E-state index contributed by atoms with van der Waals surface area (Å²) in [6.07, 6.45) is 3.84. The van der Waals surface area contributed by atoms with E-state index in [1.165, 1.54) is 6.42 Å². The summed E-state index contributed by atoms with van der Waals surface area (Å²) >= 11 is 0. The molecular formula is C15H27N3O2. The van der Waals surface area contributed by atoms with Crippen molar-refractivity contribution in [3.8, 4) is 0 Å². The molecule has 0 aromatic heterocycles. The first-order valence-corrected chi connectivity index (χ1v) is 7.93. The number of hydrogen-bond donors (Lipinski definition) is 1. The molecule has 0 aliphatic carbocycles. The minimum Gasteiger partial charge on any atom is -0.343 e. The van der Waals surface area contributed by atoms with E-state index in [4.69, 9.17) is 0 Å². The monoisotopic (exact) mass is 281 g/mol. The third-order valence-electron chi connectivity index (χ3n) is 4.50. The zero-order valence-corrected chi connectivity index (χ0v) is 12.9. The first-order valence-electron chi connectivity index (χ1n) is 7.93. The summed E-state index contributed by atoms with van der Waals surface area (Å²) in [5, 5.41) is 2.79. The number of nitrogens with zero attached hydrogens (tertiary/aromatic N) is 2. The number of likely N-dealkylation sites (tertiary alicyclic amines) is 1. The van der Waals surface area contributed by atoms with Crippen molar-refractivity contribution in [2.45, 2.75) is 64.6 Å². The fraction of sp³-hybridized carbons (Fsp3) is 0.867. The highest BCUT2D eigenvalue weighted by Gasteiger charge is 2.41. The number of piperazine rings is 1. The van der Waals surface area contributed by atoms with Crippen molar-refractivity contribution < 1.29 is 9.59 Å². The summed E-state index contributed by atoms with van der Waals surface area (Å²) in [6, 6.07) is -0.422. The molecule has 0 spiro atoms. The molecule has 0 radical (unpaired) electrons. The molecule has 2 aliphatic heterocycles. The van der Waals surface area contributed by atoms with Crippen LogP contribution in [0.2, 0.25) is 0 Å². The van der Waals surface area contributed by atoms with Crippen LogP contribution in [-0.2, 0) is 9.59 Å². The Balaban J connectivity index is 2.05. The molecule has 2 heterocycles. The summed E-state index contributed by atoms with van der Waals surface area (Å²) in [5.41, 5.74) is 0. The lowest BCUT2D eigenvalue weighted by molar-refractivity contribution is -0.153. The molecule has 2 rings (SSSR count). The van der Waals surface area contributed by atoms with Crippen LogP contribution in [0.1, 0.15) is 46.5 Å². The Hall–Kier alpha value is -1.10. The van der Waals surface area contributed by atoms with Crippen LogP contribution in [-0.4, -0.2) is 59.4 Å². The Kier molecular flexibility index (Phi) is 5.02. The van der Waals surface area contributed by atoms with Gasteiger partial charge in [-0.2, -0.15) is 0 Å². The summed E-state index contributed by atoms with van der Waals surface area (Å²) in [5.74, 6) is 0.0981. The molecule has 0 saturated carbocycles. The van der Waals surface area contributed by atoms with Crippen LogP contribution in [0, 0.1) is 0 Å². The van der Waals surface area contributed by atoms with Crippen LogP contribution < -0.4 is 5.32 Å². The number of nitrogens with one attached hydrogen (secondary N) is 1. The zero-order valence-electron chi connectivity index (χ0n) is 12.9. The van der Waals surface area contributed by atoms with Crippen LogP contribution in [0.25, 0.3) is 0 Å². The Morgan fingerprint density at radius 2 is 1.85 bits per heavy atom. The van der Waals surface area contributed by atoms with Crippen molar-refractivity contribution in [1.29, 1.82) is 0 Å². The SMILES string of the molecule is CCCN1CCC(N2C(=O)C(C)NC(=O)C2CC)CC1. The molecule has 2 aliphatic rings. The number of amides is 2. The molecule has 2 amide bonds. The van der Waals surface area contributed by atoms with Gasteiger partial charge >= 0.3 is 0 Å². The van der Waals surface area contributed by atoms with Crippen LogP contribution >= 0.6 is 0 Å². The molecule has 20 heavy (non-hydrogen) atoms. The van der Waals surface area contributed by atoms with Crippen molar-refractivity contribution in [3.63, 3.8) is 0 Å². The Morgan fingerprint density at radius 3 is 2.40 bits per heavy atom. The topological polar surface area (TPSA) is 52.6 Å². The van der Waals surface area contributed by atoms with Crippen molar-refractivity contribution in [2.75, 3.05) is 19.6 Å². The standard InChI is InChI=1S/C15H27N3O2/c1-4-8-17-9-6-12(7-10-17)18-13(5-2)14(19)16-11(3)15(18)20/h11-13H,4-10H2,1-3H3,(H,16,19). The van der Waals surface area contributed by atoms with E-state index < -0.39 is 0 Å². The molecule has 0 bridgehead atoms. The zero-order chi connectivity index (χ0) is 14.7. The summed E-state index contributed by atoms with van der Waals surface area (Å²) in [6.45, 7) is 9.16. The van der Waals surface area contributed by atoms with Gasteiger partial charge in [0.1, 0.15) is 12.1 Å². The van der Waals surface area contributed by atoms with Gasteiger partial charge in [0.2, 0.25) is 11.8 Å². The second kappa shape index (κ2) is 6.57. The number of carbonyl (C=O) groups is 2. The first-order chi connectivity index (χ1) is 9.58. The molecule has 5 nitrogen and oxygen atoms in total. The second-order valence-corrected chi connectivity index (χ2v) is 5.97. The Labute approximate surface area is 121 Å². The van der Waals surface area contributed by atoms with Crippen molar-refractivity contribution in [1.82, 2.24) is 15.1 Å². The highest BCUT2D eigenvalue weighted by atomic mass is 16.2. The van der Waals surface area contributed by atoms with E-state index in [-0.39, 0.29) is 29.9 Å². The molecule has 2 saturated heterocycles. The highest BCUT2D eigenvalue weighted by molar-refractivity contribution is 5.96. The molecular weight excluding hydrogens is 254 g/mol. The fourth-order valence-corrected chi connectivity index (χ4v) is 3.43. The minimum absolute atomic E-state index is 0.00980. The lowest BCUT2D eigenvalue weighted by Crippen LogP contribution is -2.65. The minimum atomic E-state index is -0.376. The van der Waals surface area contributed by atoms with Gasteiger partial charge in [-0.3, -0.25) is 9.59 Å². The lowest BCUT2D eigenvalue weighted by Gasteiger charge is -2.45. The Bertz CT molecular complexity index is 364. The Morgan fingerprint density at radius 1 is 1.20 bits per heavy atom.